The summed E-state index contributed by atoms with van der Waals surface area (Å²) in [6.45, 7) is 0. The van der Waals surface area contributed by atoms with Crippen LogP contribution in [-0.2, 0) is 4.79 Å². The molecule has 1 aromatic heterocycles. The predicted octanol–water partition coefficient (Wildman–Crippen LogP) is 4.82. The van der Waals surface area contributed by atoms with Gasteiger partial charge in [-0.1, -0.05) is 17.7 Å². The number of thiophene rings is 1. The summed E-state index contributed by atoms with van der Waals surface area (Å²) in [5, 5.41) is 5.28. The molecule has 0 fully saturated rings. The monoisotopic (exact) mass is 341 g/mol. The molecule has 0 saturated heterocycles. The maximum atomic E-state index is 11.7. The van der Waals surface area contributed by atoms with Gasteiger partial charge < -0.3 is 5.32 Å². The molecule has 5 heteroatoms. The topological polar surface area (TPSA) is 29.1 Å². The highest BCUT2D eigenvalue weighted by Gasteiger charge is 2.01. The van der Waals surface area contributed by atoms with Gasteiger partial charge in [-0.15, -0.1) is 11.3 Å². The largest absolute Gasteiger partial charge is 0.322 e. The lowest BCUT2D eigenvalue weighted by Gasteiger charge is -2.03. The molecule has 2 rings (SSSR count). The number of carbonyl (C=O) groups excluding carboxylic acids is 1. The summed E-state index contributed by atoms with van der Waals surface area (Å²) < 4.78 is 0.802. The Morgan fingerprint density at radius 2 is 2.22 bits per heavy atom. The zero-order chi connectivity index (χ0) is 13.0. The number of hydrogen-bond acceptors (Lipinski definition) is 2. The fraction of sp³-hybridized carbons (Fsp3) is 0. The lowest BCUT2D eigenvalue weighted by Crippen LogP contribution is -2.07. The van der Waals surface area contributed by atoms with Crippen LogP contribution in [0.2, 0.25) is 5.02 Å². The normalized spacial score (nSPS) is 10.8. The van der Waals surface area contributed by atoms with Gasteiger partial charge in [0.25, 0.3) is 0 Å². The van der Waals surface area contributed by atoms with Gasteiger partial charge in [-0.3, -0.25) is 4.79 Å². The van der Waals surface area contributed by atoms with Gasteiger partial charge >= 0.3 is 0 Å². The Hall–Kier alpha value is -1.10. The molecule has 1 heterocycles. The van der Waals surface area contributed by atoms with Crippen molar-refractivity contribution >= 4 is 56.5 Å². The standard InChI is InChI=1S/C13H9BrClNOS/c14-11-5-3-9(8-12(11)15)16-13(17)6-4-10-2-1-7-18-10/h1-8H,(H,16,17). The van der Waals surface area contributed by atoms with Crippen LogP contribution in [-0.4, -0.2) is 5.91 Å². The Balaban J connectivity index is 2.01. The first-order valence-corrected chi connectivity index (χ1v) is 7.18. The van der Waals surface area contributed by atoms with Crippen LogP contribution in [0, 0.1) is 0 Å². The molecule has 2 nitrogen and oxygen atoms in total. The van der Waals surface area contributed by atoms with E-state index in [-0.39, 0.29) is 5.91 Å². The first-order chi connectivity index (χ1) is 8.65. The molecule has 2 aromatic rings. The molecule has 0 aliphatic carbocycles. The molecule has 0 aliphatic heterocycles. The third-order valence-corrected chi connectivity index (χ3v) is 4.20. The van der Waals surface area contributed by atoms with E-state index >= 15 is 0 Å². The lowest BCUT2D eigenvalue weighted by atomic mass is 10.3. The van der Waals surface area contributed by atoms with E-state index < -0.39 is 0 Å². The molecule has 0 unspecified atom stereocenters. The number of anilines is 1. The maximum absolute atomic E-state index is 11.7. The number of amides is 1. The Morgan fingerprint density at radius 1 is 1.39 bits per heavy atom. The van der Waals surface area contributed by atoms with Crippen LogP contribution in [0.3, 0.4) is 0 Å². The Labute approximate surface area is 122 Å². The first kappa shape index (κ1) is 13.3. The van der Waals surface area contributed by atoms with Crippen LogP contribution in [0.5, 0.6) is 0 Å². The fourth-order valence-corrected chi connectivity index (χ4v) is 2.35. The second kappa shape index (κ2) is 6.18. The number of rotatable bonds is 3. The zero-order valence-corrected chi connectivity index (χ0v) is 12.3. The molecular formula is C13H9BrClNOS. The van der Waals surface area contributed by atoms with Gasteiger partial charge in [0.15, 0.2) is 0 Å². The summed E-state index contributed by atoms with van der Waals surface area (Å²) in [7, 11) is 0. The summed E-state index contributed by atoms with van der Waals surface area (Å²) in [6, 6.07) is 9.16. The van der Waals surface area contributed by atoms with Gasteiger partial charge in [0.1, 0.15) is 0 Å². The Bertz CT molecular complexity index is 581. The SMILES string of the molecule is O=C(C=Cc1cccs1)Nc1ccc(Br)c(Cl)c1. The van der Waals surface area contributed by atoms with E-state index in [1.807, 2.05) is 17.5 Å². The quantitative estimate of drug-likeness (QED) is 0.796. The minimum Gasteiger partial charge on any atom is -0.322 e. The predicted molar refractivity (Wildman–Crippen MR) is 81.1 cm³/mol. The lowest BCUT2D eigenvalue weighted by molar-refractivity contribution is -0.111. The van der Waals surface area contributed by atoms with Gasteiger partial charge in [0.05, 0.1) is 5.02 Å². The molecule has 1 N–H and O–H groups in total. The van der Waals surface area contributed by atoms with E-state index in [0.717, 1.165) is 9.35 Å². The van der Waals surface area contributed by atoms with Gasteiger partial charge in [-0.05, 0) is 51.7 Å². The zero-order valence-electron chi connectivity index (χ0n) is 9.19. The Kier molecular flexibility index (Phi) is 4.58. The van der Waals surface area contributed by atoms with Gasteiger partial charge in [0.2, 0.25) is 5.91 Å². The van der Waals surface area contributed by atoms with Crippen molar-refractivity contribution in [3.63, 3.8) is 0 Å². The van der Waals surface area contributed by atoms with Crippen molar-refractivity contribution in [1.82, 2.24) is 0 Å². The molecular weight excluding hydrogens is 334 g/mol. The van der Waals surface area contributed by atoms with Gasteiger partial charge in [-0.25, -0.2) is 0 Å². The van der Waals surface area contributed by atoms with E-state index in [1.165, 1.54) is 6.08 Å². The number of benzene rings is 1. The number of halogens is 2. The highest BCUT2D eigenvalue weighted by molar-refractivity contribution is 9.10. The van der Waals surface area contributed by atoms with Crippen LogP contribution in [0.4, 0.5) is 5.69 Å². The molecule has 0 bridgehead atoms. The Morgan fingerprint density at radius 3 is 2.89 bits per heavy atom. The van der Waals surface area contributed by atoms with Crippen molar-refractivity contribution in [2.75, 3.05) is 5.32 Å². The highest BCUT2D eigenvalue weighted by Crippen LogP contribution is 2.25. The molecule has 0 spiro atoms. The number of hydrogen-bond donors (Lipinski definition) is 1. The van der Waals surface area contributed by atoms with Crippen LogP contribution in [0.15, 0.2) is 46.3 Å². The van der Waals surface area contributed by atoms with E-state index in [1.54, 1.807) is 35.6 Å². The van der Waals surface area contributed by atoms with Crippen LogP contribution in [0.25, 0.3) is 6.08 Å². The molecule has 0 radical (unpaired) electrons. The summed E-state index contributed by atoms with van der Waals surface area (Å²) >= 11 is 10.8. The van der Waals surface area contributed by atoms with Crippen molar-refractivity contribution in [2.24, 2.45) is 0 Å². The maximum Gasteiger partial charge on any atom is 0.248 e. The first-order valence-electron chi connectivity index (χ1n) is 5.13. The molecule has 1 aromatic carbocycles. The molecule has 18 heavy (non-hydrogen) atoms. The third-order valence-electron chi connectivity index (χ3n) is 2.13. The molecule has 0 saturated carbocycles. The minimum absolute atomic E-state index is 0.179. The van der Waals surface area contributed by atoms with Crippen molar-refractivity contribution in [3.05, 3.63) is 56.2 Å². The van der Waals surface area contributed by atoms with Crippen LogP contribution < -0.4 is 5.32 Å². The van der Waals surface area contributed by atoms with E-state index in [9.17, 15) is 4.79 Å². The van der Waals surface area contributed by atoms with E-state index in [4.69, 9.17) is 11.6 Å². The van der Waals surface area contributed by atoms with Gasteiger partial charge in [0, 0.05) is 21.1 Å². The van der Waals surface area contributed by atoms with Crippen molar-refractivity contribution in [2.45, 2.75) is 0 Å². The van der Waals surface area contributed by atoms with E-state index in [0.29, 0.717) is 10.7 Å². The third kappa shape index (κ3) is 3.70. The fourth-order valence-electron chi connectivity index (χ4n) is 1.30. The van der Waals surface area contributed by atoms with Crippen molar-refractivity contribution < 1.29 is 4.79 Å². The highest BCUT2D eigenvalue weighted by atomic mass is 79.9. The summed E-state index contributed by atoms with van der Waals surface area (Å²) in [4.78, 5) is 12.7. The van der Waals surface area contributed by atoms with Crippen molar-refractivity contribution in [3.8, 4) is 0 Å². The molecule has 0 aliphatic rings. The summed E-state index contributed by atoms with van der Waals surface area (Å²) in [5.41, 5.74) is 0.670. The molecule has 1 amide bonds. The average molecular weight is 343 g/mol. The second-order valence-corrected chi connectivity index (χ2v) is 5.71. The van der Waals surface area contributed by atoms with Crippen molar-refractivity contribution in [1.29, 1.82) is 0 Å². The smallest absolute Gasteiger partial charge is 0.248 e. The minimum atomic E-state index is -0.179. The number of carbonyl (C=O) groups is 1. The van der Waals surface area contributed by atoms with Crippen LogP contribution >= 0.6 is 38.9 Å². The van der Waals surface area contributed by atoms with Crippen LogP contribution in [0.1, 0.15) is 4.88 Å². The summed E-state index contributed by atoms with van der Waals surface area (Å²) in [5.74, 6) is -0.179. The van der Waals surface area contributed by atoms with E-state index in [2.05, 4.69) is 21.2 Å². The molecule has 0 atom stereocenters. The summed E-state index contributed by atoms with van der Waals surface area (Å²) in [6.07, 6.45) is 3.28. The van der Waals surface area contributed by atoms with Gasteiger partial charge in [-0.2, -0.15) is 0 Å². The molecule has 92 valence electrons. The second-order valence-electron chi connectivity index (χ2n) is 3.47. The number of nitrogens with one attached hydrogen (secondary N) is 1. The average Bonchev–Trinajstić information content (AvgIpc) is 2.84.